The quantitative estimate of drug-likeness (QED) is 0.0189. The Morgan fingerprint density at radius 2 is 0.771 bits per heavy atom. The minimum atomic E-state index is -0.351. The molecule has 0 bridgehead atoms. The molecule has 0 saturated heterocycles. The second-order valence-electron chi connectivity index (χ2n) is 12.2. The fraction of sp³-hybridized carbons (Fsp3) is 0.571. The van der Waals surface area contributed by atoms with Crippen molar-refractivity contribution in [2.24, 2.45) is 0 Å². The average Bonchev–Trinajstić information content (AvgIpc) is 3.35. The maximum absolute atomic E-state index is 10.9. The fourth-order valence-electron chi connectivity index (χ4n) is 2.75. The Labute approximate surface area is 453 Å². The molecule has 3 amide bonds. The van der Waals surface area contributed by atoms with Crippen molar-refractivity contribution in [3.05, 3.63) is 87.1 Å². The average molecular weight is 1120 g/mol. The number of carbonyl (C=O) groups is 7. The standard InChI is InChI=1S/C8H15NOS.C8H14O2S.C7H13NOS.2C7H12O2S.C6H11NOS.C6H10O2S/c1-4-11-6-5-9-8(10)7(2)3;1-4-11-6-5-10-8(9)7(2)3;1-3-7(9)8-5-6-10-4-2;1-4-10-5-9-7(8)6(2)3;1-3-7(8)9-5-6-10-4-2;1-3-6(8)7-4-5-9-2;1-3-6(7)8-5-9-4-2/h2,4-6H2,1,3H3,(H,9,10);2,4-6H2,1,3H3;3H,1,4-6H2,2H3,(H,8,9);2,4-5H2,1,3H3;3H,1,4-6H2,2H3;3H,1,4-5H2,2H3,(H,7,8);3H,1,4-5H2,2H3. The number of hydrogen-bond acceptors (Lipinski definition) is 18. The van der Waals surface area contributed by atoms with Crippen LogP contribution < -0.4 is 16.0 Å². The van der Waals surface area contributed by atoms with E-state index in [0.29, 0.717) is 41.8 Å². The molecule has 0 aromatic heterocycles. The van der Waals surface area contributed by atoms with Crippen molar-refractivity contribution in [1.29, 1.82) is 0 Å². The third-order valence-corrected chi connectivity index (χ3v) is 11.7. The van der Waals surface area contributed by atoms with Crippen molar-refractivity contribution < 1.29 is 52.5 Å². The Morgan fingerprint density at radius 1 is 0.429 bits per heavy atom. The Hall–Kier alpha value is -3.08. The van der Waals surface area contributed by atoms with Crippen LogP contribution in [0.2, 0.25) is 0 Å². The Kier molecular flexibility index (Phi) is 81.2. The molecule has 21 heteroatoms. The number of ether oxygens (including phenoxy) is 4. The van der Waals surface area contributed by atoms with Crippen LogP contribution in [0, 0.1) is 0 Å². The van der Waals surface area contributed by atoms with Crippen LogP contribution in [0.3, 0.4) is 0 Å². The Bertz CT molecular complexity index is 1350. The zero-order chi connectivity index (χ0) is 55.2. The highest BCUT2D eigenvalue weighted by Crippen LogP contribution is 2.02. The predicted molar refractivity (Wildman–Crippen MR) is 315 cm³/mol. The molecule has 14 nitrogen and oxygen atoms in total. The van der Waals surface area contributed by atoms with Gasteiger partial charge in [0, 0.05) is 77.3 Å². The minimum absolute atomic E-state index is 0.0401. The number of esters is 4. The maximum Gasteiger partial charge on any atom is 0.333 e. The molecule has 0 saturated carbocycles. The topological polar surface area (TPSA) is 192 Å². The first-order chi connectivity index (χ1) is 33.3. The van der Waals surface area contributed by atoms with Crippen LogP contribution in [0.15, 0.2) is 87.1 Å². The van der Waals surface area contributed by atoms with E-state index in [2.05, 4.69) is 94.4 Å². The summed E-state index contributed by atoms with van der Waals surface area (Å²) in [7, 11) is 0. The lowest BCUT2D eigenvalue weighted by molar-refractivity contribution is -0.138. The number of thioether (sulfide) groups is 7. The van der Waals surface area contributed by atoms with Crippen LogP contribution in [0.25, 0.3) is 0 Å². The molecule has 0 radical (unpaired) electrons. The first-order valence-electron chi connectivity index (χ1n) is 22.2. The minimum Gasteiger partial charge on any atom is -0.462 e. The van der Waals surface area contributed by atoms with E-state index in [-0.39, 0.29) is 41.6 Å². The molecule has 70 heavy (non-hydrogen) atoms. The van der Waals surface area contributed by atoms with Gasteiger partial charge in [0.25, 0.3) is 0 Å². The van der Waals surface area contributed by atoms with Crippen molar-refractivity contribution in [1.82, 2.24) is 16.0 Å². The van der Waals surface area contributed by atoms with Crippen molar-refractivity contribution in [3.63, 3.8) is 0 Å². The molecule has 0 unspecified atom stereocenters. The lowest BCUT2D eigenvalue weighted by Crippen LogP contribution is -2.25. The summed E-state index contributed by atoms with van der Waals surface area (Å²) in [4.78, 5) is 74.1. The van der Waals surface area contributed by atoms with E-state index >= 15 is 0 Å². The second kappa shape index (κ2) is 70.2. The van der Waals surface area contributed by atoms with E-state index in [4.69, 9.17) is 14.2 Å². The highest BCUT2D eigenvalue weighted by molar-refractivity contribution is 8.00. The van der Waals surface area contributed by atoms with Gasteiger partial charge in [0.2, 0.25) is 17.7 Å². The molecule has 0 heterocycles. The van der Waals surface area contributed by atoms with Crippen LogP contribution in [-0.2, 0) is 52.5 Å². The Balaban J connectivity index is -0.000000132. The van der Waals surface area contributed by atoms with Gasteiger partial charge in [-0.25, -0.2) is 19.2 Å². The van der Waals surface area contributed by atoms with Crippen LogP contribution in [0.1, 0.15) is 62.3 Å². The van der Waals surface area contributed by atoms with Gasteiger partial charge in [0.15, 0.2) is 0 Å². The summed E-state index contributed by atoms with van der Waals surface area (Å²) in [5, 5.41) is 8.10. The van der Waals surface area contributed by atoms with Gasteiger partial charge in [0.05, 0.1) is 0 Å². The van der Waals surface area contributed by atoms with Gasteiger partial charge >= 0.3 is 23.9 Å². The highest BCUT2D eigenvalue weighted by atomic mass is 32.2. The molecule has 0 aliphatic heterocycles. The molecule has 0 aromatic carbocycles. The van der Waals surface area contributed by atoms with E-state index < -0.39 is 0 Å². The molecule has 0 rings (SSSR count). The van der Waals surface area contributed by atoms with Gasteiger partial charge < -0.3 is 34.9 Å². The van der Waals surface area contributed by atoms with E-state index in [1.807, 2.05) is 43.6 Å². The van der Waals surface area contributed by atoms with E-state index in [9.17, 15) is 33.6 Å². The summed E-state index contributed by atoms with van der Waals surface area (Å²) in [5.41, 5.74) is 1.50. The first kappa shape index (κ1) is 81.0. The molecule has 0 aliphatic carbocycles. The number of nitrogens with one attached hydrogen (secondary N) is 3. The summed E-state index contributed by atoms with van der Waals surface area (Å²) in [5.74, 6) is 10.3. The zero-order valence-corrected chi connectivity index (χ0v) is 49.6. The summed E-state index contributed by atoms with van der Waals surface area (Å²) in [6, 6.07) is 0. The highest BCUT2D eigenvalue weighted by Gasteiger charge is 2.02. The number of hydrogen-bond donors (Lipinski definition) is 3. The van der Waals surface area contributed by atoms with Crippen LogP contribution in [0.5, 0.6) is 0 Å². The zero-order valence-electron chi connectivity index (χ0n) is 43.8. The van der Waals surface area contributed by atoms with Crippen molar-refractivity contribution in [2.75, 3.05) is 114 Å². The molecule has 0 aliphatic rings. The van der Waals surface area contributed by atoms with Gasteiger partial charge in [0.1, 0.15) is 25.1 Å². The summed E-state index contributed by atoms with van der Waals surface area (Å²) in [6.45, 7) is 44.2. The van der Waals surface area contributed by atoms with Crippen molar-refractivity contribution in [3.8, 4) is 0 Å². The SMILES string of the molecule is C=C(C)C(=O)NCCSCC.C=C(C)C(=O)OCCSCC.C=C(C)C(=O)OCSCC.C=CC(=O)NCCSC.C=CC(=O)NCCSCC.C=CC(=O)OCCSCC.C=CC(=O)OCSCC. The van der Waals surface area contributed by atoms with Crippen molar-refractivity contribution in [2.45, 2.75) is 62.3 Å². The smallest absolute Gasteiger partial charge is 0.333 e. The summed E-state index contributed by atoms with van der Waals surface area (Å²) >= 11 is 12.0. The third-order valence-electron chi connectivity index (χ3n) is 6.19. The molecule has 0 fully saturated rings. The van der Waals surface area contributed by atoms with Crippen LogP contribution in [0.4, 0.5) is 0 Å². The largest absolute Gasteiger partial charge is 0.462 e. The lowest BCUT2D eigenvalue weighted by Gasteiger charge is -2.02. The van der Waals surface area contributed by atoms with Gasteiger partial charge in [-0.15, -0.1) is 23.5 Å². The summed E-state index contributed by atoms with van der Waals surface area (Å²) in [6.07, 6.45) is 6.91. The summed E-state index contributed by atoms with van der Waals surface area (Å²) < 4.78 is 19.0. The van der Waals surface area contributed by atoms with E-state index in [1.165, 1.54) is 18.2 Å². The normalized spacial score (nSPS) is 8.94. The van der Waals surface area contributed by atoms with Gasteiger partial charge in [-0.1, -0.05) is 87.6 Å². The molecular formula is C49H87N3O11S7. The van der Waals surface area contributed by atoms with Crippen LogP contribution >= 0.6 is 82.3 Å². The van der Waals surface area contributed by atoms with Gasteiger partial charge in [-0.3, -0.25) is 14.4 Å². The molecule has 0 spiro atoms. The van der Waals surface area contributed by atoms with Crippen molar-refractivity contribution >= 4 is 124 Å². The first-order valence-corrected chi connectivity index (χ1v) is 30.5. The second-order valence-corrected chi connectivity index (χ2v) is 21.2. The van der Waals surface area contributed by atoms with Gasteiger partial charge in [-0.2, -0.15) is 58.8 Å². The Morgan fingerprint density at radius 3 is 1.13 bits per heavy atom. The van der Waals surface area contributed by atoms with Gasteiger partial charge in [-0.05, 0) is 73.7 Å². The van der Waals surface area contributed by atoms with E-state index in [1.54, 1.807) is 79.6 Å². The third kappa shape index (κ3) is 84.8. The molecular weight excluding hydrogens is 1030 g/mol. The number of rotatable bonds is 32. The molecule has 0 atom stereocenters. The van der Waals surface area contributed by atoms with E-state index in [0.717, 1.165) is 89.0 Å². The molecule has 406 valence electrons. The fourth-order valence-corrected chi connectivity index (χ4v) is 5.83. The predicted octanol–water partition coefficient (Wildman–Crippen LogP) is 9.70. The number of carbonyl (C=O) groups excluding carboxylic acids is 7. The number of amides is 3. The lowest BCUT2D eigenvalue weighted by atomic mass is 10.3. The maximum atomic E-state index is 10.9. The monoisotopic (exact) mass is 1120 g/mol. The van der Waals surface area contributed by atoms with Crippen LogP contribution in [-0.4, -0.2) is 156 Å². The molecule has 0 aromatic rings. The molecule has 3 N–H and O–H groups in total.